The van der Waals surface area contributed by atoms with Gasteiger partial charge in [-0.15, -0.1) is 12.4 Å². The topological polar surface area (TPSA) is 79.1 Å². The highest BCUT2D eigenvalue weighted by molar-refractivity contribution is 6.35. The van der Waals surface area contributed by atoms with Crippen molar-refractivity contribution in [2.75, 3.05) is 25.0 Å². The van der Waals surface area contributed by atoms with Crippen LogP contribution in [0.15, 0.2) is 30.6 Å². The van der Waals surface area contributed by atoms with Crippen LogP contribution in [0.5, 0.6) is 5.75 Å². The average Bonchev–Trinajstić information content (AvgIpc) is 3.36. The van der Waals surface area contributed by atoms with Crippen LogP contribution < -0.4 is 10.2 Å². The van der Waals surface area contributed by atoms with Crippen molar-refractivity contribution >= 4 is 51.6 Å². The van der Waals surface area contributed by atoms with E-state index in [9.17, 15) is 5.11 Å². The van der Waals surface area contributed by atoms with E-state index in [0.29, 0.717) is 28.0 Å². The monoisotopic (exact) mass is 458 g/mol. The molecule has 31 heavy (non-hydrogen) atoms. The smallest absolute Gasteiger partial charge is 0.161 e. The minimum Gasteiger partial charge on any atom is -0.507 e. The van der Waals surface area contributed by atoms with Crippen molar-refractivity contribution < 1.29 is 5.11 Å². The molecular formula is C22H24Cl2N6O. The molecule has 4 aromatic rings. The van der Waals surface area contributed by atoms with Gasteiger partial charge in [0, 0.05) is 54.3 Å². The second kappa shape index (κ2) is 8.15. The molecule has 0 unspecified atom stereocenters. The van der Waals surface area contributed by atoms with E-state index in [2.05, 4.69) is 26.4 Å². The summed E-state index contributed by atoms with van der Waals surface area (Å²) < 4.78 is 1.74. The molecule has 0 saturated carbocycles. The number of fused-ring (bicyclic) bond motifs is 2. The molecule has 0 spiro atoms. The van der Waals surface area contributed by atoms with Crippen LogP contribution in [0.2, 0.25) is 5.02 Å². The number of nitrogens with zero attached hydrogens (tertiary/aromatic N) is 5. The fraction of sp³-hybridized carbons (Fsp3) is 0.318. The highest BCUT2D eigenvalue weighted by Crippen LogP contribution is 2.38. The standard InChI is InChI=1S/C22H23ClN6O.ClH/c1-12-20-13(10-28(3)27-20)6-17(21(12)30)19-8-18(23)16-7-15(9-25-22(16)26-19)29-5-4-14(11-29)24-2;/h6-10,14,24,30H,4-5,11H2,1-3H3;1H/t14-;/m1./s1. The van der Waals surface area contributed by atoms with Gasteiger partial charge in [-0.3, -0.25) is 4.68 Å². The molecule has 0 aliphatic carbocycles. The Morgan fingerprint density at radius 1 is 1.26 bits per heavy atom. The van der Waals surface area contributed by atoms with Gasteiger partial charge >= 0.3 is 0 Å². The first-order valence-electron chi connectivity index (χ1n) is 9.99. The van der Waals surface area contributed by atoms with E-state index in [1.807, 2.05) is 39.5 Å². The summed E-state index contributed by atoms with van der Waals surface area (Å²) >= 11 is 6.65. The lowest BCUT2D eigenvalue weighted by Crippen LogP contribution is -2.29. The Balaban J connectivity index is 0.00000231. The van der Waals surface area contributed by atoms with Crippen LogP contribution in [0.25, 0.3) is 33.2 Å². The zero-order valence-corrected chi connectivity index (χ0v) is 19.1. The van der Waals surface area contributed by atoms with Crippen LogP contribution in [0.4, 0.5) is 5.69 Å². The number of nitrogens with one attached hydrogen (secondary N) is 1. The lowest BCUT2D eigenvalue weighted by Gasteiger charge is -2.19. The lowest BCUT2D eigenvalue weighted by molar-refractivity contribution is 0.474. The minimum absolute atomic E-state index is 0. The lowest BCUT2D eigenvalue weighted by atomic mass is 10.0. The van der Waals surface area contributed by atoms with Gasteiger partial charge in [0.05, 0.1) is 28.1 Å². The molecule has 5 rings (SSSR count). The molecule has 4 heterocycles. The molecule has 1 atom stereocenters. The molecule has 1 aliphatic heterocycles. The van der Waals surface area contributed by atoms with Crippen LogP contribution >= 0.6 is 24.0 Å². The molecule has 3 aromatic heterocycles. The number of aromatic nitrogens is 4. The number of aromatic hydroxyl groups is 1. The van der Waals surface area contributed by atoms with Gasteiger partial charge in [0.15, 0.2) is 5.65 Å². The maximum Gasteiger partial charge on any atom is 0.161 e. The number of hydrogen-bond acceptors (Lipinski definition) is 6. The summed E-state index contributed by atoms with van der Waals surface area (Å²) in [6.45, 7) is 3.79. The Kier molecular flexibility index (Phi) is 5.68. The summed E-state index contributed by atoms with van der Waals surface area (Å²) in [7, 11) is 3.86. The molecule has 0 radical (unpaired) electrons. The summed E-state index contributed by atoms with van der Waals surface area (Å²) in [6, 6.07) is 6.23. The van der Waals surface area contributed by atoms with Crippen molar-refractivity contribution in [3.8, 4) is 17.0 Å². The summed E-state index contributed by atoms with van der Waals surface area (Å²) in [6.07, 6.45) is 4.88. The van der Waals surface area contributed by atoms with Gasteiger partial charge in [0.2, 0.25) is 0 Å². The summed E-state index contributed by atoms with van der Waals surface area (Å²) in [5, 5.41) is 20.9. The summed E-state index contributed by atoms with van der Waals surface area (Å²) in [5.41, 5.74) is 4.33. The van der Waals surface area contributed by atoms with E-state index in [-0.39, 0.29) is 18.2 Å². The Morgan fingerprint density at radius 2 is 2.06 bits per heavy atom. The largest absolute Gasteiger partial charge is 0.507 e. The zero-order chi connectivity index (χ0) is 21.0. The van der Waals surface area contributed by atoms with Crippen LogP contribution in [0.1, 0.15) is 12.0 Å². The quantitative estimate of drug-likeness (QED) is 0.481. The molecule has 9 heteroatoms. The van der Waals surface area contributed by atoms with Crippen LogP contribution in [-0.4, -0.2) is 51.0 Å². The number of halogens is 2. The molecule has 1 aromatic carbocycles. The number of hydrogen-bond donors (Lipinski definition) is 2. The molecule has 1 fully saturated rings. The molecule has 0 amide bonds. The Labute approximate surface area is 191 Å². The maximum atomic E-state index is 10.8. The number of rotatable bonds is 3. The first-order chi connectivity index (χ1) is 14.4. The van der Waals surface area contributed by atoms with Crippen molar-refractivity contribution in [3.05, 3.63) is 41.2 Å². The van der Waals surface area contributed by atoms with E-state index < -0.39 is 0 Å². The fourth-order valence-electron chi connectivity index (χ4n) is 4.23. The van der Waals surface area contributed by atoms with Gasteiger partial charge < -0.3 is 15.3 Å². The maximum absolute atomic E-state index is 10.8. The van der Waals surface area contributed by atoms with Gasteiger partial charge in [-0.05, 0) is 38.6 Å². The third-order valence-electron chi connectivity index (χ3n) is 5.96. The number of phenolic OH excluding ortho intramolecular Hbond substituents is 1. The number of anilines is 1. The highest BCUT2D eigenvalue weighted by atomic mass is 35.5. The summed E-state index contributed by atoms with van der Waals surface area (Å²) in [4.78, 5) is 11.6. The third kappa shape index (κ3) is 3.67. The Bertz CT molecular complexity index is 1290. The Hall–Kier alpha value is -2.61. The molecule has 0 bridgehead atoms. The minimum atomic E-state index is 0. The van der Waals surface area contributed by atoms with Gasteiger partial charge in [0.1, 0.15) is 5.75 Å². The molecule has 2 N–H and O–H groups in total. The molecule has 1 aliphatic rings. The van der Waals surface area contributed by atoms with Crippen LogP contribution in [-0.2, 0) is 7.05 Å². The predicted octanol–water partition coefficient (Wildman–Crippen LogP) is 4.07. The third-order valence-corrected chi connectivity index (χ3v) is 6.27. The van der Waals surface area contributed by atoms with E-state index in [1.165, 1.54) is 0 Å². The molecule has 7 nitrogen and oxygen atoms in total. The van der Waals surface area contributed by atoms with Crippen LogP contribution in [0, 0.1) is 6.92 Å². The van der Waals surface area contributed by atoms with Crippen molar-refractivity contribution in [2.24, 2.45) is 7.05 Å². The predicted molar refractivity (Wildman–Crippen MR) is 128 cm³/mol. The molecule has 1 saturated heterocycles. The van der Waals surface area contributed by atoms with E-state index in [0.717, 1.165) is 47.1 Å². The number of pyridine rings is 2. The average molecular weight is 459 g/mol. The second-order valence-corrected chi connectivity index (χ2v) is 8.32. The van der Waals surface area contributed by atoms with E-state index >= 15 is 0 Å². The second-order valence-electron chi connectivity index (χ2n) is 7.91. The zero-order valence-electron chi connectivity index (χ0n) is 17.6. The summed E-state index contributed by atoms with van der Waals surface area (Å²) in [5.74, 6) is 0.163. The SMILES string of the molecule is CN[C@@H]1CCN(c2cnc3nc(-c4cc5cn(C)nc5c(C)c4O)cc(Cl)c3c2)C1.Cl. The van der Waals surface area contributed by atoms with E-state index in [4.69, 9.17) is 16.6 Å². The van der Waals surface area contributed by atoms with Crippen molar-refractivity contribution in [3.63, 3.8) is 0 Å². The fourth-order valence-corrected chi connectivity index (χ4v) is 4.48. The number of benzene rings is 1. The normalized spacial score (nSPS) is 16.3. The number of aryl methyl sites for hydroxylation is 2. The van der Waals surface area contributed by atoms with Crippen LogP contribution in [0.3, 0.4) is 0 Å². The van der Waals surface area contributed by atoms with Gasteiger partial charge in [-0.25, -0.2) is 9.97 Å². The Morgan fingerprint density at radius 3 is 2.81 bits per heavy atom. The van der Waals surface area contributed by atoms with E-state index in [1.54, 1.807) is 10.7 Å². The van der Waals surface area contributed by atoms with Gasteiger partial charge in [-0.2, -0.15) is 5.10 Å². The highest BCUT2D eigenvalue weighted by Gasteiger charge is 2.22. The number of likely N-dealkylation sites (N-methyl/N-ethyl adjacent to an activating group) is 1. The van der Waals surface area contributed by atoms with Crippen molar-refractivity contribution in [1.29, 1.82) is 0 Å². The number of phenols is 1. The van der Waals surface area contributed by atoms with Crippen molar-refractivity contribution in [1.82, 2.24) is 25.1 Å². The van der Waals surface area contributed by atoms with Gasteiger partial charge in [0.25, 0.3) is 0 Å². The molecular weight excluding hydrogens is 435 g/mol. The first kappa shape index (κ1) is 21.6. The molecule has 162 valence electrons. The van der Waals surface area contributed by atoms with Crippen molar-refractivity contribution in [2.45, 2.75) is 19.4 Å². The van der Waals surface area contributed by atoms with Gasteiger partial charge in [-0.1, -0.05) is 11.6 Å². The first-order valence-corrected chi connectivity index (χ1v) is 10.4.